The fourth-order valence-corrected chi connectivity index (χ4v) is 4.78. The van der Waals surface area contributed by atoms with E-state index in [9.17, 15) is 4.79 Å². The number of hydrogen-bond acceptors (Lipinski definition) is 5. The molecule has 3 rings (SSSR count). The number of rotatable bonds is 5. The van der Waals surface area contributed by atoms with Gasteiger partial charge in [-0.15, -0.1) is 11.8 Å². The van der Waals surface area contributed by atoms with Crippen molar-refractivity contribution in [3.05, 3.63) is 70.0 Å². The Hall–Kier alpha value is -2.81. The van der Waals surface area contributed by atoms with E-state index in [1.807, 2.05) is 36.7 Å². The number of aryl methyl sites for hydroxylation is 5. The summed E-state index contributed by atoms with van der Waals surface area (Å²) in [7, 11) is 1.48. The van der Waals surface area contributed by atoms with Crippen molar-refractivity contribution in [2.75, 3.05) is 12.1 Å². The number of amides is 2. The summed E-state index contributed by atoms with van der Waals surface area (Å²) in [5, 5.41) is 6.70. The monoisotopic (exact) mass is 438 g/mol. The molecule has 0 spiro atoms. The van der Waals surface area contributed by atoms with E-state index in [0.29, 0.717) is 11.4 Å². The van der Waals surface area contributed by atoms with Gasteiger partial charge in [-0.25, -0.2) is 26.2 Å². The third kappa shape index (κ3) is 4.76. The number of hydrazine groups is 2. The van der Waals surface area contributed by atoms with Crippen LogP contribution in [0.1, 0.15) is 33.6 Å². The van der Waals surface area contributed by atoms with E-state index in [0.717, 1.165) is 43.8 Å². The number of hydrogen-bond donors (Lipinski definition) is 2. The summed E-state index contributed by atoms with van der Waals surface area (Å²) < 4.78 is 1.99. The van der Waals surface area contributed by atoms with Gasteiger partial charge in [-0.05, 0) is 81.1 Å². The molecule has 2 amide bonds. The first-order valence-electron chi connectivity index (χ1n) is 10.0. The molecular formula is C23H30N6OS. The lowest BCUT2D eigenvalue weighted by Crippen LogP contribution is -2.49. The first-order chi connectivity index (χ1) is 14.6. The number of nitrogens with zero attached hydrogens (tertiary/aromatic N) is 4. The third-order valence-electron chi connectivity index (χ3n) is 5.26. The molecule has 3 aromatic rings. The number of carbonyl (C=O) groups excluding carboxylic acids is 1. The summed E-state index contributed by atoms with van der Waals surface area (Å²) in [6.45, 7) is 10.3. The summed E-state index contributed by atoms with van der Waals surface area (Å²) in [6.07, 6.45) is 0. The zero-order valence-corrected chi connectivity index (χ0v) is 19.7. The van der Waals surface area contributed by atoms with Crippen LogP contribution in [-0.2, 0) is 5.75 Å². The minimum Gasteiger partial charge on any atom is -0.264 e. The SMILES string of the molecule is Cc1cc(C)n(-c2cc(C)c(SCc3c(C)cccc3N(N)C(=O)N(C)N)cc2C)n1. The Labute approximate surface area is 187 Å². The van der Waals surface area contributed by atoms with Gasteiger partial charge in [-0.1, -0.05) is 12.1 Å². The van der Waals surface area contributed by atoms with E-state index >= 15 is 0 Å². The van der Waals surface area contributed by atoms with Crippen molar-refractivity contribution in [3.8, 4) is 5.69 Å². The molecule has 31 heavy (non-hydrogen) atoms. The highest BCUT2D eigenvalue weighted by Crippen LogP contribution is 2.34. The average Bonchev–Trinajstić information content (AvgIpc) is 3.05. The van der Waals surface area contributed by atoms with Crippen LogP contribution in [0.4, 0.5) is 10.5 Å². The molecule has 0 bridgehead atoms. The van der Waals surface area contributed by atoms with E-state index in [-0.39, 0.29) is 0 Å². The van der Waals surface area contributed by atoms with Crippen molar-refractivity contribution in [1.82, 2.24) is 14.8 Å². The van der Waals surface area contributed by atoms with Gasteiger partial charge in [0.2, 0.25) is 0 Å². The standard InChI is InChI=1S/C23H30N6OS/c1-14-8-7-9-20(28(25)23(30)27(6)24)19(14)13-31-22-11-15(2)21(10-16(22)3)29-18(5)12-17(4)26-29/h7-12H,13,24-25H2,1-6H3. The van der Waals surface area contributed by atoms with Crippen molar-refractivity contribution in [2.45, 2.75) is 45.3 Å². The number of benzene rings is 2. The Balaban J connectivity index is 1.89. The van der Waals surface area contributed by atoms with Crippen LogP contribution in [0.25, 0.3) is 5.69 Å². The molecule has 0 radical (unpaired) electrons. The lowest BCUT2D eigenvalue weighted by molar-refractivity contribution is 0.216. The van der Waals surface area contributed by atoms with Crippen molar-refractivity contribution < 1.29 is 4.79 Å². The van der Waals surface area contributed by atoms with Crippen LogP contribution in [0.15, 0.2) is 41.3 Å². The molecule has 2 aromatic carbocycles. The van der Waals surface area contributed by atoms with Crippen molar-refractivity contribution in [2.24, 2.45) is 11.7 Å². The predicted molar refractivity (Wildman–Crippen MR) is 127 cm³/mol. The van der Waals surface area contributed by atoms with Crippen LogP contribution in [0.2, 0.25) is 0 Å². The van der Waals surface area contributed by atoms with Gasteiger partial charge in [-0.2, -0.15) is 5.10 Å². The third-order valence-corrected chi connectivity index (χ3v) is 6.44. The van der Waals surface area contributed by atoms with Crippen LogP contribution < -0.4 is 16.7 Å². The number of urea groups is 1. The molecule has 0 unspecified atom stereocenters. The van der Waals surface area contributed by atoms with E-state index in [1.165, 1.54) is 17.5 Å². The largest absolute Gasteiger partial charge is 0.352 e. The van der Waals surface area contributed by atoms with Crippen molar-refractivity contribution in [1.29, 1.82) is 0 Å². The fourth-order valence-electron chi connectivity index (χ4n) is 3.55. The maximum Gasteiger partial charge on any atom is 0.352 e. The normalized spacial score (nSPS) is 11.0. The summed E-state index contributed by atoms with van der Waals surface area (Å²) >= 11 is 1.73. The van der Waals surface area contributed by atoms with Gasteiger partial charge in [0.05, 0.1) is 17.1 Å². The lowest BCUT2D eigenvalue weighted by atomic mass is 10.1. The Morgan fingerprint density at radius 3 is 2.35 bits per heavy atom. The summed E-state index contributed by atoms with van der Waals surface area (Å²) in [5.41, 5.74) is 8.27. The Bertz CT molecular complexity index is 1120. The molecule has 1 heterocycles. The number of carbonyl (C=O) groups is 1. The van der Waals surface area contributed by atoms with Crippen LogP contribution in [-0.4, -0.2) is 27.9 Å². The van der Waals surface area contributed by atoms with Crippen molar-refractivity contribution in [3.63, 3.8) is 0 Å². The van der Waals surface area contributed by atoms with Crippen molar-refractivity contribution >= 4 is 23.5 Å². The molecule has 7 nitrogen and oxygen atoms in total. The Morgan fingerprint density at radius 2 is 1.74 bits per heavy atom. The molecule has 0 saturated carbocycles. The quantitative estimate of drug-likeness (QED) is 0.268. The second-order valence-corrected chi connectivity index (χ2v) is 8.89. The van der Waals surface area contributed by atoms with Crippen LogP contribution in [0.5, 0.6) is 0 Å². The molecule has 0 aliphatic rings. The minimum atomic E-state index is -0.474. The minimum absolute atomic E-state index is 0.474. The smallest absolute Gasteiger partial charge is 0.264 e. The van der Waals surface area contributed by atoms with Gasteiger partial charge in [0.1, 0.15) is 0 Å². The summed E-state index contributed by atoms with van der Waals surface area (Å²) in [6, 6.07) is 11.7. The van der Waals surface area contributed by atoms with E-state index in [2.05, 4.69) is 44.1 Å². The predicted octanol–water partition coefficient (Wildman–Crippen LogP) is 4.31. The highest BCUT2D eigenvalue weighted by Gasteiger charge is 2.19. The van der Waals surface area contributed by atoms with Crippen LogP contribution >= 0.6 is 11.8 Å². The van der Waals surface area contributed by atoms with Crippen LogP contribution in [0, 0.1) is 34.6 Å². The van der Waals surface area contributed by atoms with Gasteiger partial charge in [-0.3, -0.25) is 5.01 Å². The molecule has 8 heteroatoms. The highest BCUT2D eigenvalue weighted by molar-refractivity contribution is 7.98. The maximum absolute atomic E-state index is 12.3. The van der Waals surface area contributed by atoms with E-state index in [1.54, 1.807) is 11.8 Å². The summed E-state index contributed by atoms with van der Waals surface area (Å²) in [5.74, 6) is 12.3. The van der Waals surface area contributed by atoms with Gasteiger partial charge in [0, 0.05) is 23.4 Å². The van der Waals surface area contributed by atoms with Crippen LogP contribution in [0.3, 0.4) is 0 Å². The maximum atomic E-state index is 12.3. The van der Waals surface area contributed by atoms with Gasteiger partial charge >= 0.3 is 6.03 Å². The van der Waals surface area contributed by atoms with E-state index < -0.39 is 6.03 Å². The molecule has 0 fully saturated rings. The lowest BCUT2D eigenvalue weighted by Gasteiger charge is -2.24. The van der Waals surface area contributed by atoms with E-state index in [4.69, 9.17) is 11.7 Å². The van der Waals surface area contributed by atoms with Gasteiger partial charge in [0.15, 0.2) is 0 Å². The molecule has 1 aromatic heterocycles. The molecule has 0 atom stereocenters. The Kier molecular flexibility index (Phi) is 6.74. The topological polar surface area (TPSA) is 93.4 Å². The molecule has 4 N–H and O–H groups in total. The fraction of sp³-hybridized carbons (Fsp3) is 0.304. The average molecular weight is 439 g/mol. The molecular weight excluding hydrogens is 408 g/mol. The second-order valence-electron chi connectivity index (χ2n) is 7.87. The number of nitrogens with two attached hydrogens (primary N) is 2. The molecule has 0 saturated heterocycles. The number of aromatic nitrogens is 2. The first-order valence-corrected chi connectivity index (χ1v) is 11.0. The zero-order valence-electron chi connectivity index (χ0n) is 18.9. The van der Waals surface area contributed by atoms with Gasteiger partial charge < -0.3 is 0 Å². The number of thioether (sulfide) groups is 1. The zero-order chi connectivity index (χ0) is 22.9. The van der Waals surface area contributed by atoms with Gasteiger partial charge in [0.25, 0.3) is 0 Å². The highest BCUT2D eigenvalue weighted by atomic mass is 32.2. The molecule has 0 aliphatic carbocycles. The molecule has 164 valence electrons. The first kappa shape index (κ1) is 22.9. The summed E-state index contributed by atoms with van der Waals surface area (Å²) in [4.78, 5) is 13.5. The second kappa shape index (κ2) is 9.13. The molecule has 0 aliphatic heterocycles. The Morgan fingerprint density at radius 1 is 1.03 bits per heavy atom. The number of anilines is 1.